The molecule has 180 valence electrons. The van der Waals surface area contributed by atoms with Crippen LogP contribution in [0.25, 0.3) is 0 Å². The Bertz CT molecular complexity index is 1110. The molecule has 1 aliphatic heterocycles. The first-order valence-electron chi connectivity index (χ1n) is 10.4. The van der Waals surface area contributed by atoms with Crippen molar-refractivity contribution in [2.24, 2.45) is 0 Å². The lowest BCUT2D eigenvalue weighted by Crippen LogP contribution is -2.28. The van der Waals surface area contributed by atoms with Crippen molar-refractivity contribution in [3.05, 3.63) is 47.5 Å². The summed E-state index contributed by atoms with van der Waals surface area (Å²) < 4.78 is 77.6. The zero-order chi connectivity index (χ0) is 24.2. The predicted molar refractivity (Wildman–Crippen MR) is 116 cm³/mol. The van der Waals surface area contributed by atoms with Gasteiger partial charge in [-0.3, -0.25) is 4.79 Å². The molecule has 2 aromatic rings. The third-order valence-corrected chi connectivity index (χ3v) is 7.05. The summed E-state index contributed by atoms with van der Waals surface area (Å²) in [6, 6.07) is 6.66. The SMILES string of the molecule is CCCOc1ccc(C(F)(F)F)cc1NC(=O)c1ccc(OC)c(S(=O)(=O)N2CCCC2)c1. The quantitative estimate of drug-likeness (QED) is 0.592. The number of alkyl halides is 3. The topological polar surface area (TPSA) is 84.9 Å². The summed E-state index contributed by atoms with van der Waals surface area (Å²) in [6.45, 7) is 2.81. The maximum Gasteiger partial charge on any atom is 0.416 e. The van der Waals surface area contributed by atoms with Gasteiger partial charge in [0.05, 0.1) is 25.0 Å². The van der Waals surface area contributed by atoms with Crippen LogP contribution in [0, 0.1) is 0 Å². The maximum atomic E-state index is 13.2. The molecule has 0 spiro atoms. The molecule has 1 saturated heterocycles. The van der Waals surface area contributed by atoms with Crippen LogP contribution < -0.4 is 14.8 Å². The highest BCUT2D eigenvalue weighted by Gasteiger charge is 2.32. The summed E-state index contributed by atoms with van der Waals surface area (Å²) in [5.41, 5.74) is -1.16. The fraction of sp³-hybridized carbons (Fsp3) is 0.409. The molecule has 1 heterocycles. The van der Waals surface area contributed by atoms with Gasteiger partial charge in [0.15, 0.2) is 0 Å². The number of carbonyl (C=O) groups is 1. The second-order valence-electron chi connectivity index (χ2n) is 7.49. The fourth-order valence-electron chi connectivity index (χ4n) is 3.42. The van der Waals surface area contributed by atoms with Crippen molar-refractivity contribution in [1.82, 2.24) is 4.31 Å². The molecule has 3 rings (SSSR count). The molecule has 0 radical (unpaired) electrons. The molecule has 0 saturated carbocycles. The van der Waals surface area contributed by atoms with Gasteiger partial charge in [-0.15, -0.1) is 0 Å². The van der Waals surface area contributed by atoms with Crippen LogP contribution in [-0.4, -0.2) is 45.4 Å². The lowest BCUT2D eigenvalue weighted by atomic mass is 10.1. The normalized spacial score (nSPS) is 14.8. The number of benzene rings is 2. The highest BCUT2D eigenvalue weighted by molar-refractivity contribution is 7.89. The van der Waals surface area contributed by atoms with Gasteiger partial charge < -0.3 is 14.8 Å². The molecule has 0 aliphatic carbocycles. The third-order valence-electron chi connectivity index (χ3n) is 5.13. The van der Waals surface area contributed by atoms with E-state index in [1.165, 1.54) is 29.6 Å². The number of methoxy groups -OCH3 is 1. The largest absolute Gasteiger partial charge is 0.495 e. The minimum atomic E-state index is -4.61. The summed E-state index contributed by atoms with van der Waals surface area (Å²) in [5.74, 6) is -0.627. The number of rotatable bonds is 8. The molecular formula is C22H25F3N2O5S. The summed E-state index contributed by atoms with van der Waals surface area (Å²) in [5, 5.41) is 2.42. The summed E-state index contributed by atoms with van der Waals surface area (Å²) in [7, 11) is -2.58. The minimum Gasteiger partial charge on any atom is -0.495 e. The molecule has 0 aromatic heterocycles. The second-order valence-corrected chi connectivity index (χ2v) is 9.39. The second kappa shape index (κ2) is 10.0. The standard InChI is InChI=1S/C22H25F3N2O5S/c1-3-12-32-18-9-7-16(22(23,24)25)14-17(18)26-21(28)15-6-8-19(31-2)20(13-15)33(29,30)27-10-4-5-11-27/h6-9,13-14H,3-5,10-12H2,1-2H3,(H,26,28). The predicted octanol–water partition coefficient (Wildman–Crippen LogP) is 4.54. The molecule has 1 fully saturated rings. The molecule has 0 bridgehead atoms. The van der Waals surface area contributed by atoms with Crippen LogP contribution in [0.4, 0.5) is 18.9 Å². The number of amides is 1. The molecule has 7 nitrogen and oxygen atoms in total. The van der Waals surface area contributed by atoms with E-state index >= 15 is 0 Å². The summed E-state index contributed by atoms with van der Waals surface area (Å²) in [6.07, 6.45) is -2.53. The van der Waals surface area contributed by atoms with Gasteiger partial charge in [0.25, 0.3) is 5.91 Å². The molecule has 1 N–H and O–H groups in total. The molecule has 2 aromatic carbocycles. The number of ether oxygens (including phenoxy) is 2. The number of hydrogen-bond acceptors (Lipinski definition) is 5. The van der Waals surface area contributed by atoms with E-state index in [9.17, 15) is 26.4 Å². The van der Waals surface area contributed by atoms with Crippen LogP contribution in [-0.2, 0) is 16.2 Å². The van der Waals surface area contributed by atoms with Crippen LogP contribution in [0.3, 0.4) is 0 Å². The average molecular weight is 487 g/mol. The van der Waals surface area contributed by atoms with Crippen LogP contribution in [0.2, 0.25) is 0 Å². The van der Waals surface area contributed by atoms with Gasteiger partial charge in [-0.25, -0.2) is 8.42 Å². The van der Waals surface area contributed by atoms with Gasteiger partial charge in [-0.05, 0) is 55.7 Å². The number of carbonyl (C=O) groups excluding carboxylic acids is 1. The number of nitrogens with one attached hydrogen (secondary N) is 1. The molecular weight excluding hydrogens is 461 g/mol. The van der Waals surface area contributed by atoms with Crippen LogP contribution >= 0.6 is 0 Å². The van der Waals surface area contributed by atoms with E-state index in [2.05, 4.69) is 5.32 Å². The van der Waals surface area contributed by atoms with E-state index in [1.54, 1.807) is 0 Å². The van der Waals surface area contributed by atoms with Gasteiger partial charge in [0, 0.05) is 18.7 Å². The number of hydrogen-bond donors (Lipinski definition) is 1. The van der Waals surface area contributed by atoms with E-state index < -0.39 is 27.7 Å². The molecule has 0 unspecified atom stereocenters. The van der Waals surface area contributed by atoms with Gasteiger partial charge in [0.2, 0.25) is 10.0 Å². The van der Waals surface area contributed by atoms with Crippen molar-refractivity contribution >= 4 is 21.6 Å². The van der Waals surface area contributed by atoms with Crippen molar-refractivity contribution < 1.29 is 35.9 Å². The van der Waals surface area contributed by atoms with Gasteiger partial charge >= 0.3 is 6.18 Å². The first-order valence-corrected chi connectivity index (χ1v) is 11.9. The number of nitrogens with zero attached hydrogens (tertiary/aromatic N) is 1. The number of halogens is 3. The zero-order valence-corrected chi connectivity index (χ0v) is 19.1. The smallest absolute Gasteiger partial charge is 0.416 e. The van der Waals surface area contributed by atoms with Crippen molar-refractivity contribution in [2.75, 3.05) is 32.1 Å². The third kappa shape index (κ3) is 5.59. The first-order chi connectivity index (χ1) is 15.6. The Labute approximate surface area is 190 Å². The van der Waals surface area contributed by atoms with E-state index in [-0.39, 0.29) is 34.3 Å². The summed E-state index contributed by atoms with van der Waals surface area (Å²) >= 11 is 0. The van der Waals surface area contributed by atoms with Crippen molar-refractivity contribution in [3.8, 4) is 11.5 Å². The van der Waals surface area contributed by atoms with Crippen LogP contribution in [0.15, 0.2) is 41.3 Å². The molecule has 1 aliphatic rings. The van der Waals surface area contributed by atoms with Gasteiger partial charge in [0.1, 0.15) is 16.4 Å². The minimum absolute atomic E-state index is 0.0487. The zero-order valence-electron chi connectivity index (χ0n) is 18.2. The van der Waals surface area contributed by atoms with Crippen LogP contribution in [0.5, 0.6) is 11.5 Å². The summed E-state index contributed by atoms with van der Waals surface area (Å²) in [4.78, 5) is 12.7. The van der Waals surface area contributed by atoms with E-state index in [4.69, 9.17) is 9.47 Å². The lowest BCUT2D eigenvalue weighted by Gasteiger charge is -2.19. The van der Waals surface area contributed by atoms with Crippen molar-refractivity contribution in [2.45, 2.75) is 37.3 Å². The molecule has 11 heteroatoms. The van der Waals surface area contributed by atoms with E-state index in [0.29, 0.717) is 19.5 Å². The fourth-order valence-corrected chi connectivity index (χ4v) is 5.12. The molecule has 1 amide bonds. The Hall–Kier alpha value is -2.79. The molecule has 33 heavy (non-hydrogen) atoms. The lowest BCUT2D eigenvalue weighted by molar-refractivity contribution is -0.137. The Morgan fingerprint density at radius 3 is 2.36 bits per heavy atom. The molecule has 0 atom stereocenters. The number of anilines is 1. The highest BCUT2D eigenvalue weighted by Crippen LogP contribution is 2.36. The monoisotopic (exact) mass is 486 g/mol. The van der Waals surface area contributed by atoms with E-state index in [1.807, 2.05) is 6.92 Å². The van der Waals surface area contributed by atoms with E-state index in [0.717, 1.165) is 31.0 Å². The Morgan fingerprint density at radius 2 is 1.76 bits per heavy atom. The first kappa shape index (κ1) is 24.8. The van der Waals surface area contributed by atoms with Gasteiger partial charge in [-0.1, -0.05) is 6.92 Å². The van der Waals surface area contributed by atoms with Crippen molar-refractivity contribution in [3.63, 3.8) is 0 Å². The average Bonchev–Trinajstić information content (AvgIpc) is 3.33. The highest BCUT2D eigenvalue weighted by atomic mass is 32.2. The maximum absolute atomic E-state index is 13.2. The Morgan fingerprint density at radius 1 is 1.09 bits per heavy atom. The van der Waals surface area contributed by atoms with Crippen LogP contribution in [0.1, 0.15) is 42.1 Å². The van der Waals surface area contributed by atoms with Gasteiger partial charge in [-0.2, -0.15) is 17.5 Å². The van der Waals surface area contributed by atoms with Crippen molar-refractivity contribution in [1.29, 1.82) is 0 Å². The Kier molecular flexibility index (Phi) is 7.53. The number of sulfonamides is 1. The Balaban J connectivity index is 1.96.